The standard InChI is InChI=1S/C17H25N5O2/c1-11-10-22-16(18-11)14-13(21(3)8-9-24-14)15(20-22)19-12-4-6-17(2,23)7-5-12/h10,12,23H,4-9H2,1-3H3,(H,19,20). The number of nitrogens with zero attached hydrogens (tertiary/aromatic N) is 4. The summed E-state index contributed by atoms with van der Waals surface area (Å²) in [4.78, 5) is 6.73. The minimum atomic E-state index is -0.531. The van der Waals surface area contributed by atoms with Crippen molar-refractivity contribution in [1.82, 2.24) is 14.6 Å². The molecule has 2 aromatic heterocycles. The number of hydrogen-bond acceptors (Lipinski definition) is 6. The second kappa shape index (κ2) is 5.51. The molecule has 0 aromatic carbocycles. The molecule has 0 bridgehead atoms. The predicted molar refractivity (Wildman–Crippen MR) is 93.0 cm³/mol. The molecule has 1 fully saturated rings. The van der Waals surface area contributed by atoms with Crippen LogP contribution in [0.4, 0.5) is 11.5 Å². The minimum absolute atomic E-state index is 0.319. The lowest BCUT2D eigenvalue weighted by Crippen LogP contribution is -2.37. The molecule has 0 radical (unpaired) electrons. The van der Waals surface area contributed by atoms with Crippen LogP contribution in [0.25, 0.3) is 5.65 Å². The Bertz CT molecular complexity index is 760. The van der Waals surface area contributed by atoms with Crippen LogP contribution in [0.3, 0.4) is 0 Å². The molecule has 0 saturated heterocycles. The Morgan fingerprint density at radius 2 is 2.12 bits per heavy atom. The van der Waals surface area contributed by atoms with Crippen molar-refractivity contribution >= 4 is 17.2 Å². The number of aromatic nitrogens is 3. The maximum atomic E-state index is 10.2. The van der Waals surface area contributed by atoms with Crippen LogP contribution in [0.1, 0.15) is 38.3 Å². The van der Waals surface area contributed by atoms with Crippen molar-refractivity contribution in [3.05, 3.63) is 11.9 Å². The number of hydrogen-bond donors (Lipinski definition) is 2. The van der Waals surface area contributed by atoms with Gasteiger partial charge in [0.2, 0.25) is 0 Å². The first kappa shape index (κ1) is 15.5. The zero-order valence-electron chi connectivity index (χ0n) is 14.5. The van der Waals surface area contributed by atoms with E-state index in [2.05, 4.69) is 22.2 Å². The molecule has 2 aliphatic rings. The van der Waals surface area contributed by atoms with E-state index >= 15 is 0 Å². The van der Waals surface area contributed by atoms with Gasteiger partial charge in [-0.1, -0.05) is 0 Å². The lowest BCUT2D eigenvalue weighted by molar-refractivity contribution is 0.0196. The zero-order valence-corrected chi connectivity index (χ0v) is 14.5. The SMILES string of the molecule is Cc1cn2nc(NC3CCC(C)(O)CC3)c3c(c2n1)OCCN3C. The number of aliphatic hydroxyl groups is 1. The Balaban J connectivity index is 1.71. The van der Waals surface area contributed by atoms with Crippen molar-refractivity contribution in [3.8, 4) is 5.75 Å². The molecule has 130 valence electrons. The summed E-state index contributed by atoms with van der Waals surface area (Å²) < 4.78 is 7.74. The molecule has 1 aliphatic heterocycles. The quantitative estimate of drug-likeness (QED) is 0.876. The maximum Gasteiger partial charge on any atom is 0.198 e. The number of aryl methyl sites for hydroxylation is 1. The van der Waals surface area contributed by atoms with E-state index < -0.39 is 5.60 Å². The van der Waals surface area contributed by atoms with Gasteiger partial charge >= 0.3 is 0 Å². The van der Waals surface area contributed by atoms with Crippen LogP contribution in [-0.4, -0.2) is 51.5 Å². The Kier molecular flexibility index (Phi) is 3.56. The van der Waals surface area contributed by atoms with Gasteiger partial charge in [-0.25, -0.2) is 9.50 Å². The van der Waals surface area contributed by atoms with Gasteiger partial charge in [0.25, 0.3) is 0 Å². The molecule has 24 heavy (non-hydrogen) atoms. The van der Waals surface area contributed by atoms with E-state index in [1.165, 1.54) is 0 Å². The monoisotopic (exact) mass is 331 g/mol. The molecule has 1 saturated carbocycles. The van der Waals surface area contributed by atoms with Crippen LogP contribution in [-0.2, 0) is 0 Å². The third-order valence-corrected chi connectivity index (χ3v) is 5.12. The summed E-state index contributed by atoms with van der Waals surface area (Å²) in [6.07, 6.45) is 5.42. The van der Waals surface area contributed by atoms with E-state index in [0.717, 1.165) is 60.8 Å². The molecule has 1 aliphatic carbocycles. The van der Waals surface area contributed by atoms with Gasteiger partial charge in [-0.3, -0.25) is 0 Å². The Morgan fingerprint density at radius 1 is 1.38 bits per heavy atom. The number of rotatable bonds is 2. The van der Waals surface area contributed by atoms with Crippen molar-refractivity contribution in [2.45, 2.75) is 51.2 Å². The normalized spacial score (nSPS) is 27.0. The van der Waals surface area contributed by atoms with Crippen molar-refractivity contribution in [3.63, 3.8) is 0 Å². The van der Waals surface area contributed by atoms with Gasteiger partial charge in [0.15, 0.2) is 17.2 Å². The van der Waals surface area contributed by atoms with E-state index in [1.807, 2.05) is 20.0 Å². The van der Waals surface area contributed by atoms with Crippen molar-refractivity contribution in [2.75, 3.05) is 30.4 Å². The molecule has 3 heterocycles. The second-order valence-electron chi connectivity index (χ2n) is 7.36. The minimum Gasteiger partial charge on any atom is -0.486 e. The van der Waals surface area contributed by atoms with Gasteiger partial charge in [-0.05, 0) is 39.5 Å². The van der Waals surface area contributed by atoms with Gasteiger partial charge in [0.1, 0.15) is 12.3 Å². The van der Waals surface area contributed by atoms with Gasteiger partial charge in [-0.2, -0.15) is 0 Å². The first-order valence-electron chi connectivity index (χ1n) is 8.66. The van der Waals surface area contributed by atoms with E-state index in [1.54, 1.807) is 4.52 Å². The third-order valence-electron chi connectivity index (χ3n) is 5.12. The summed E-state index contributed by atoms with van der Waals surface area (Å²) in [5, 5.41) is 18.5. The topological polar surface area (TPSA) is 74.9 Å². The average Bonchev–Trinajstić information content (AvgIpc) is 2.90. The van der Waals surface area contributed by atoms with Gasteiger partial charge in [0, 0.05) is 13.1 Å². The van der Waals surface area contributed by atoms with E-state index in [9.17, 15) is 5.11 Å². The average molecular weight is 331 g/mol. The molecular weight excluding hydrogens is 306 g/mol. The van der Waals surface area contributed by atoms with Crippen LogP contribution < -0.4 is 15.0 Å². The molecule has 7 nitrogen and oxygen atoms in total. The predicted octanol–water partition coefficient (Wildman–Crippen LogP) is 1.97. The highest BCUT2D eigenvalue weighted by Gasteiger charge is 2.31. The summed E-state index contributed by atoms with van der Waals surface area (Å²) in [6.45, 7) is 5.37. The molecule has 0 amide bonds. The van der Waals surface area contributed by atoms with Crippen molar-refractivity contribution < 1.29 is 9.84 Å². The summed E-state index contributed by atoms with van der Waals surface area (Å²) in [5.41, 5.74) is 2.14. The van der Waals surface area contributed by atoms with E-state index in [0.29, 0.717) is 12.6 Å². The third kappa shape index (κ3) is 2.66. The molecule has 0 unspecified atom stereocenters. The fraction of sp³-hybridized carbons (Fsp3) is 0.647. The number of nitrogens with one attached hydrogen (secondary N) is 1. The largest absolute Gasteiger partial charge is 0.486 e. The number of likely N-dealkylation sites (N-methyl/N-ethyl adjacent to an activating group) is 1. The van der Waals surface area contributed by atoms with E-state index in [4.69, 9.17) is 9.84 Å². The van der Waals surface area contributed by atoms with Crippen LogP contribution in [0.2, 0.25) is 0 Å². The van der Waals surface area contributed by atoms with Crippen LogP contribution in [0.5, 0.6) is 5.75 Å². The van der Waals surface area contributed by atoms with Crippen LogP contribution in [0.15, 0.2) is 6.20 Å². The highest BCUT2D eigenvalue weighted by molar-refractivity contribution is 5.81. The number of imidazole rings is 1. The summed E-state index contributed by atoms with van der Waals surface area (Å²) in [6, 6.07) is 0.319. The van der Waals surface area contributed by atoms with E-state index in [-0.39, 0.29) is 0 Å². The Hall–Kier alpha value is -2.02. The van der Waals surface area contributed by atoms with Crippen molar-refractivity contribution in [1.29, 1.82) is 0 Å². The number of anilines is 2. The first-order valence-corrected chi connectivity index (χ1v) is 8.66. The summed E-state index contributed by atoms with van der Waals surface area (Å²) in [5.74, 6) is 1.64. The number of ether oxygens (including phenoxy) is 1. The summed E-state index contributed by atoms with van der Waals surface area (Å²) >= 11 is 0. The zero-order chi connectivity index (χ0) is 16.9. The molecule has 2 N–H and O–H groups in total. The molecule has 7 heteroatoms. The highest BCUT2D eigenvalue weighted by Crippen LogP contribution is 2.40. The highest BCUT2D eigenvalue weighted by atomic mass is 16.5. The number of fused-ring (bicyclic) bond motifs is 3. The van der Waals surface area contributed by atoms with Crippen LogP contribution in [0, 0.1) is 6.92 Å². The summed E-state index contributed by atoms with van der Waals surface area (Å²) in [7, 11) is 2.06. The van der Waals surface area contributed by atoms with Gasteiger partial charge < -0.3 is 20.1 Å². The first-order chi connectivity index (χ1) is 11.4. The molecule has 0 atom stereocenters. The Labute approximate surface area is 141 Å². The molecule has 0 spiro atoms. The fourth-order valence-corrected chi connectivity index (χ4v) is 3.64. The molecular formula is C17H25N5O2. The maximum absolute atomic E-state index is 10.2. The Morgan fingerprint density at radius 3 is 2.88 bits per heavy atom. The fourth-order valence-electron chi connectivity index (χ4n) is 3.64. The molecule has 4 rings (SSSR count). The smallest absolute Gasteiger partial charge is 0.198 e. The lowest BCUT2D eigenvalue weighted by Gasteiger charge is -2.35. The van der Waals surface area contributed by atoms with Gasteiger partial charge in [0.05, 0.1) is 24.0 Å². The van der Waals surface area contributed by atoms with Gasteiger partial charge in [-0.15, -0.1) is 5.10 Å². The van der Waals surface area contributed by atoms with Crippen molar-refractivity contribution in [2.24, 2.45) is 0 Å². The second-order valence-corrected chi connectivity index (χ2v) is 7.36. The van der Waals surface area contributed by atoms with Crippen LogP contribution >= 0.6 is 0 Å². The lowest BCUT2D eigenvalue weighted by atomic mass is 9.83. The molecule has 2 aromatic rings.